The third-order valence-corrected chi connectivity index (χ3v) is 3.11. The van der Waals surface area contributed by atoms with Gasteiger partial charge in [-0.05, 0) is 0 Å². The normalized spacial score (nSPS) is 15.2. The Morgan fingerprint density at radius 2 is 1.92 bits per heavy atom. The van der Waals surface area contributed by atoms with Crippen LogP contribution in [0.2, 0.25) is 0 Å². The average molecular weight is 198 g/mol. The van der Waals surface area contributed by atoms with E-state index >= 15 is 0 Å². The number of rotatable bonds is 2. The second kappa shape index (κ2) is 3.75. The summed E-state index contributed by atoms with van der Waals surface area (Å²) in [4.78, 5) is 0. The van der Waals surface area contributed by atoms with Crippen molar-refractivity contribution in [3.8, 4) is 0 Å². The summed E-state index contributed by atoms with van der Waals surface area (Å²) in [6.07, 6.45) is 7.69. The Kier molecular flexibility index (Phi) is 2.45. The first-order valence-electron chi connectivity index (χ1n) is 3.98. The Morgan fingerprint density at radius 3 is 2.58 bits per heavy atom. The molecule has 0 saturated heterocycles. The fourth-order valence-electron chi connectivity index (χ4n) is 1.08. The summed E-state index contributed by atoms with van der Waals surface area (Å²) >= 11 is 1.10. The molecule has 0 nitrogen and oxygen atoms in total. The maximum atomic E-state index is 2.22. The third-order valence-electron chi connectivity index (χ3n) is 1.66. The van der Waals surface area contributed by atoms with Gasteiger partial charge in [-0.1, -0.05) is 0 Å². The number of allylic oxidation sites excluding steroid dienone is 4. The quantitative estimate of drug-likeness (QED) is 0.639. The van der Waals surface area contributed by atoms with Crippen molar-refractivity contribution >= 4 is 4.46 Å². The van der Waals surface area contributed by atoms with E-state index in [9.17, 15) is 0 Å². The summed E-state index contributed by atoms with van der Waals surface area (Å²) in [5, 5.41) is 0. The predicted molar refractivity (Wildman–Crippen MR) is 47.9 cm³/mol. The molecule has 1 aromatic carbocycles. The van der Waals surface area contributed by atoms with Crippen LogP contribution in [-0.2, 0) is 15.0 Å². The summed E-state index contributed by atoms with van der Waals surface area (Å²) in [5.74, 6) is 0. The van der Waals surface area contributed by atoms with E-state index in [0.29, 0.717) is 0 Å². The number of benzene rings is 1. The van der Waals surface area contributed by atoms with Crippen LogP contribution in [0.25, 0.3) is 0 Å². The Labute approximate surface area is 79.2 Å². The Hall–Kier alpha value is -0.781. The second-order valence-corrected chi connectivity index (χ2v) is 4.22. The van der Waals surface area contributed by atoms with E-state index in [1.807, 2.05) is 0 Å². The van der Waals surface area contributed by atoms with Crippen molar-refractivity contribution in [2.45, 2.75) is 6.42 Å². The van der Waals surface area contributed by atoms with E-state index in [1.165, 1.54) is 8.93 Å². The number of hydrogen-bond donors (Lipinski definition) is 0. The second-order valence-electron chi connectivity index (χ2n) is 2.60. The first-order valence-corrected chi connectivity index (χ1v) is 5.09. The van der Waals surface area contributed by atoms with Gasteiger partial charge in [0.25, 0.3) is 0 Å². The Bertz CT molecular complexity index is 309. The van der Waals surface area contributed by atoms with Crippen LogP contribution in [0, 0.1) is 0 Å². The summed E-state index contributed by atoms with van der Waals surface area (Å²) < 4.78 is 2.92. The molecule has 0 atom stereocenters. The van der Waals surface area contributed by atoms with Crippen LogP contribution in [0.15, 0.2) is 53.0 Å². The third kappa shape index (κ3) is 1.88. The van der Waals surface area contributed by atoms with Gasteiger partial charge in [0.15, 0.2) is 0 Å². The van der Waals surface area contributed by atoms with Gasteiger partial charge in [-0.3, -0.25) is 0 Å². The van der Waals surface area contributed by atoms with Crippen LogP contribution in [0.1, 0.15) is 6.42 Å². The molecule has 0 spiro atoms. The zero-order chi connectivity index (χ0) is 8.23. The van der Waals surface area contributed by atoms with Crippen LogP contribution < -0.4 is 4.46 Å². The average Bonchev–Trinajstić information content (AvgIpc) is 2.59. The molecule has 0 radical (unpaired) electrons. The van der Waals surface area contributed by atoms with Crippen molar-refractivity contribution < 1.29 is 15.0 Å². The van der Waals surface area contributed by atoms with Crippen LogP contribution in [0.4, 0.5) is 0 Å². The molecule has 0 heterocycles. The fourth-order valence-corrected chi connectivity index (χ4v) is 2.33. The molecular formula is C11H10Fe. The molecule has 1 aliphatic carbocycles. The fraction of sp³-hybridized carbons (Fsp3) is 0.0909. The van der Waals surface area contributed by atoms with Crippen molar-refractivity contribution in [1.82, 2.24) is 0 Å². The molecular weight excluding hydrogens is 188 g/mol. The van der Waals surface area contributed by atoms with Gasteiger partial charge >= 0.3 is 78.9 Å². The van der Waals surface area contributed by atoms with Crippen molar-refractivity contribution in [2.24, 2.45) is 0 Å². The molecule has 1 heteroatoms. The van der Waals surface area contributed by atoms with E-state index in [1.54, 1.807) is 0 Å². The zero-order valence-electron chi connectivity index (χ0n) is 6.68. The van der Waals surface area contributed by atoms with Gasteiger partial charge in [-0.15, -0.1) is 0 Å². The molecule has 0 unspecified atom stereocenters. The molecule has 0 amide bonds. The van der Waals surface area contributed by atoms with Crippen molar-refractivity contribution in [1.29, 1.82) is 0 Å². The molecule has 1 aliphatic rings. The molecule has 1 aromatic rings. The van der Waals surface area contributed by atoms with Crippen molar-refractivity contribution in [2.75, 3.05) is 0 Å². The van der Waals surface area contributed by atoms with Gasteiger partial charge in [0.1, 0.15) is 0 Å². The monoisotopic (exact) mass is 198 g/mol. The molecule has 2 rings (SSSR count). The molecule has 0 N–H and O–H groups in total. The molecule has 62 valence electrons. The molecule has 0 saturated carbocycles. The standard InChI is InChI=1S/C6H5.C5H5.Fe/c1-2-4-6-5-3-1;1-2-4-5-3-1;/h1-5H;1-3H,4H2;. The maximum absolute atomic E-state index is 2.22. The van der Waals surface area contributed by atoms with Gasteiger partial charge in [-0.2, -0.15) is 0 Å². The molecule has 0 bridgehead atoms. The summed E-state index contributed by atoms with van der Waals surface area (Å²) in [5.41, 5.74) is 0. The van der Waals surface area contributed by atoms with Crippen LogP contribution in [0.5, 0.6) is 0 Å². The van der Waals surface area contributed by atoms with Crippen LogP contribution in [0.3, 0.4) is 0 Å². The minimum absolute atomic E-state index is 1.10. The first-order chi connectivity index (χ1) is 5.95. The summed E-state index contributed by atoms with van der Waals surface area (Å²) in [6, 6.07) is 10.6. The van der Waals surface area contributed by atoms with Crippen molar-refractivity contribution in [3.05, 3.63) is 53.0 Å². The van der Waals surface area contributed by atoms with E-state index in [4.69, 9.17) is 0 Å². The Balaban J connectivity index is 2.05. The topological polar surface area (TPSA) is 0 Å². The van der Waals surface area contributed by atoms with Gasteiger partial charge in [-0.25, -0.2) is 0 Å². The minimum atomic E-state index is 1.10. The van der Waals surface area contributed by atoms with Gasteiger partial charge in [0.2, 0.25) is 0 Å². The van der Waals surface area contributed by atoms with Gasteiger partial charge < -0.3 is 0 Å². The summed E-state index contributed by atoms with van der Waals surface area (Å²) in [6.45, 7) is 0. The predicted octanol–water partition coefficient (Wildman–Crippen LogP) is 2.24. The SMILES string of the molecule is C1=CC[C]([Fe][c]2ccccc2)=C1. The summed E-state index contributed by atoms with van der Waals surface area (Å²) in [7, 11) is 0. The molecule has 0 aromatic heterocycles. The van der Waals surface area contributed by atoms with E-state index < -0.39 is 0 Å². The van der Waals surface area contributed by atoms with Crippen LogP contribution >= 0.6 is 0 Å². The number of hydrogen-bond acceptors (Lipinski definition) is 0. The zero-order valence-corrected chi connectivity index (χ0v) is 7.78. The molecule has 0 aliphatic heterocycles. The van der Waals surface area contributed by atoms with E-state index in [-0.39, 0.29) is 0 Å². The first kappa shape index (κ1) is 7.85. The van der Waals surface area contributed by atoms with Gasteiger partial charge in [0, 0.05) is 0 Å². The molecule has 0 fully saturated rings. The van der Waals surface area contributed by atoms with E-state index in [0.717, 1.165) is 21.4 Å². The van der Waals surface area contributed by atoms with Crippen LogP contribution in [-0.4, -0.2) is 0 Å². The van der Waals surface area contributed by atoms with Gasteiger partial charge in [0.05, 0.1) is 0 Å². The van der Waals surface area contributed by atoms with Crippen molar-refractivity contribution in [3.63, 3.8) is 0 Å². The van der Waals surface area contributed by atoms with E-state index in [2.05, 4.69) is 48.6 Å². The molecule has 12 heavy (non-hydrogen) atoms. The Morgan fingerprint density at radius 1 is 1.08 bits per heavy atom.